The first-order valence-corrected chi connectivity index (χ1v) is 28.6. The van der Waals surface area contributed by atoms with E-state index in [1.807, 2.05) is 0 Å². The Morgan fingerprint density at radius 3 is 0.937 bits per heavy atom. The average Bonchev–Trinajstić information content (AvgIpc) is 3.29. The van der Waals surface area contributed by atoms with Gasteiger partial charge in [0, 0.05) is 38.8 Å². The molecular weight excluding hydrogens is 775 g/mol. The minimum absolute atomic E-state index is 0.0119. The van der Waals surface area contributed by atoms with Gasteiger partial charge in [-0.25, -0.2) is 0 Å². The van der Waals surface area contributed by atoms with Crippen LogP contribution in [-0.2, 0) is 9.59 Å². The minimum Gasteiger partial charge on any atom is -0.354 e. The first-order valence-electron chi connectivity index (χ1n) is 28.6. The van der Waals surface area contributed by atoms with Gasteiger partial charge in [0.15, 0.2) is 0 Å². The molecular formula is C56H115N5O2. The zero-order valence-electron chi connectivity index (χ0n) is 44.0. The maximum Gasteiger partial charge on any atom is 0.236 e. The van der Waals surface area contributed by atoms with Crippen molar-refractivity contribution in [1.82, 2.24) is 24.9 Å². The Labute approximate surface area is 396 Å². The van der Waals surface area contributed by atoms with Crippen molar-refractivity contribution in [1.29, 1.82) is 0 Å². The highest BCUT2D eigenvalue weighted by Gasteiger charge is 2.22. The smallest absolute Gasteiger partial charge is 0.236 e. The maximum absolute atomic E-state index is 14.6. The first kappa shape index (κ1) is 61.8. The topological polar surface area (TPSA) is 59.1 Å². The lowest BCUT2D eigenvalue weighted by molar-refractivity contribution is -0.133. The number of hydrogen-bond donors (Lipinski definition) is 1. The molecule has 0 heterocycles. The molecule has 0 aromatic heterocycles. The lowest BCUT2D eigenvalue weighted by Crippen LogP contribution is -2.50. The van der Waals surface area contributed by atoms with Crippen LogP contribution in [0.15, 0.2) is 0 Å². The number of rotatable bonds is 53. The number of unbranched alkanes of at least 4 members (excludes halogenated alkanes) is 30. The van der Waals surface area contributed by atoms with Crippen LogP contribution in [0.5, 0.6) is 0 Å². The monoisotopic (exact) mass is 890 g/mol. The van der Waals surface area contributed by atoms with Crippen LogP contribution in [-0.4, -0.2) is 110 Å². The van der Waals surface area contributed by atoms with E-state index in [-0.39, 0.29) is 11.9 Å². The zero-order valence-corrected chi connectivity index (χ0v) is 44.0. The van der Waals surface area contributed by atoms with Gasteiger partial charge in [-0.2, -0.15) is 0 Å². The molecule has 0 aromatic carbocycles. The molecule has 0 aliphatic rings. The lowest BCUT2D eigenvalue weighted by Gasteiger charge is -2.33. The van der Waals surface area contributed by atoms with Gasteiger partial charge < -0.3 is 20.0 Å². The van der Waals surface area contributed by atoms with Crippen LogP contribution in [0.1, 0.15) is 273 Å². The Morgan fingerprint density at radius 2 is 0.635 bits per heavy atom. The number of nitrogens with zero attached hydrogens (tertiary/aromatic N) is 4. The molecule has 0 saturated carbocycles. The number of carbonyl (C=O) groups is 2. The van der Waals surface area contributed by atoms with Crippen LogP contribution in [0, 0.1) is 0 Å². The molecule has 0 bridgehead atoms. The second-order valence-corrected chi connectivity index (χ2v) is 19.8. The van der Waals surface area contributed by atoms with Crippen molar-refractivity contribution >= 4 is 12.3 Å². The van der Waals surface area contributed by atoms with Crippen molar-refractivity contribution < 1.29 is 9.59 Å². The lowest BCUT2D eigenvalue weighted by atomic mass is 10.1. The Hall–Kier alpha value is -1.18. The summed E-state index contributed by atoms with van der Waals surface area (Å²) in [5.74, 6) is 0.251. The van der Waals surface area contributed by atoms with Crippen LogP contribution in [0.25, 0.3) is 0 Å². The van der Waals surface area contributed by atoms with Crippen molar-refractivity contribution in [2.45, 2.75) is 279 Å². The van der Waals surface area contributed by atoms with Gasteiger partial charge in [0.25, 0.3) is 0 Å². The summed E-state index contributed by atoms with van der Waals surface area (Å²) in [5, 5.41) is 3.06. The second kappa shape index (κ2) is 50.2. The minimum atomic E-state index is -0.0119. The summed E-state index contributed by atoms with van der Waals surface area (Å²) >= 11 is 0. The highest BCUT2D eigenvalue weighted by Crippen LogP contribution is 2.14. The van der Waals surface area contributed by atoms with E-state index in [0.29, 0.717) is 13.1 Å². The van der Waals surface area contributed by atoms with Gasteiger partial charge in [-0.1, -0.05) is 234 Å². The van der Waals surface area contributed by atoms with E-state index >= 15 is 0 Å². The van der Waals surface area contributed by atoms with Crippen LogP contribution in [0.3, 0.4) is 0 Å². The second-order valence-electron chi connectivity index (χ2n) is 19.8. The predicted molar refractivity (Wildman–Crippen MR) is 279 cm³/mol. The summed E-state index contributed by atoms with van der Waals surface area (Å²) in [6.45, 7) is 24.1. The van der Waals surface area contributed by atoms with Crippen LogP contribution < -0.4 is 5.32 Å². The largest absolute Gasteiger partial charge is 0.354 e. The van der Waals surface area contributed by atoms with Crippen molar-refractivity contribution in [2.75, 3.05) is 72.0 Å². The number of nitrogens with one attached hydrogen (secondary N) is 1. The Kier molecular flexibility index (Phi) is 49.3. The fourth-order valence-electron chi connectivity index (χ4n) is 9.22. The van der Waals surface area contributed by atoms with Gasteiger partial charge >= 0.3 is 0 Å². The summed E-state index contributed by atoms with van der Waals surface area (Å²) in [6, 6.07) is -0.0119. The SMILES string of the molecule is CCCCCCCCCN(CCCCCCCCC)CCN(CCCCCCCCC)CC(=O)N(CCN(CCCCCCCCC)CCCCCCCCC)CC(CC)NC=O. The molecule has 0 radical (unpaired) electrons. The molecule has 1 N–H and O–H groups in total. The van der Waals surface area contributed by atoms with E-state index in [9.17, 15) is 9.59 Å². The molecule has 0 aliphatic heterocycles. The Bertz CT molecular complexity index is 884. The Balaban J connectivity index is 5.93. The number of hydrogen-bond acceptors (Lipinski definition) is 5. The summed E-state index contributed by atoms with van der Waals surface area (Å²) < 4.78 is 0. The van der Waals surface area contributed by atoms with E-state index in [1.54, 1.807) is 0 Å². The van der Waals surface area contributed by atoms with E-state index in [2.05, 4.69) is 66.5 Å². The zero-order chi connectivity index (χ0) is 46.1. The molecule has 1 atom stereocenters. The molecule has 0 spiro atoms. The van der Waals surface area contributed by atoms with E-state index in [0.717, 1.165) is 58.6 Å². The van der Waals surface area contributed by atoms with E-state index in [1.165, 1.54) is 238 Å². The van der Waals surface area contributed by atoms with Gasteiger partial charge in [-0.05, 0) is 71.2 Å². The van der Waals surface area contributed by atoms with Gasteiger partial charge in [0.05, 0.1) is 6.54 Å². The van der Waals surface area contributed by atoms with Crippen LogP contribution >= 0.6 is 0 Å². The maximum atomic E-state index is 14.6. The van der Waals surface area contributed by atoms with Crippen molar-refractivity contribution in [3.8, 4) is 0 Å². The summed E-state index contributed by atoms with van der Waals surface area (Å²) in [7, 11) is 0. The molecule has 0 aromatic rings. The molecule has 7 heteroatoms. The standard InChI is InChI=1S/C56H115N5O2/c1-7-13-18-23-28-33-38-43-58(44-39-34-29-24-19-14-8-2)48-49-60(47-42-37-32-27-22-17-11-5)53-56(63)61(52-55(12-6)57-54-62)51-50-59(45-40-35-30-25-20-15-9-3)46-41-36-31-26-21-16-10-4/h54-55H,7-53H2,1-6H3,(H,57,62). The fourth-order valence-corrected chi connectivity index (χ4v) is 9.22. The van der Waals surface area contributed by atoms with Gasteiger partial charge in [-0.3, -0.25) is 14.5 Å². The normalized spacial score (nSPS) is 12.3. The first-order chi connectivity index (χ1) is 31.0. The van der Waals surface area contributed by atoms with Gasteiger partial charge in [0.2, 0.25) is 12.3 Å². The predicted octanol–water partition coefficient (Wildman–Crippen LogP) is 15.0. The number of carbonyl (C=O) groups excluding carboxylic acids is 2. The molecule has 0 fully saturated rings. The van der Waals surface area contributed by atoms with E-state index < -0.39 is 0 Å². The highest BCUT2D eigenvalue weighted by atomic mass is 16.2. The third kappa shape index (κ3) is 42.0. The molecule has 2 amide bonds. The molecule has 0 rings (SSSR count). The summed E-state index contributed by atoms with van der Waals surface area (Å²) in [5.41, 5.74) is 0. The quantitative estimate of drug-likeness (QED) is 0.0487. The molecule has 1 unspecified atom stereocenters. The third-order valence-electron chi connectivity index (χ3n) is 13.8. The Morgan fingerprint density at radius 1 is 0.365 bits per heavy atom. The van der Waals surface area contributed by atoms with Crippen molar-refractivity contribution in [3.05, 3.63) is 0 Å². The van der Waals surface area contributed by atoms with Gasteiger partial charge in [0.1, 0.15) is 0 Å². The van der Waals surface area contributed by atoms with Crippen LogP contribution in [0.2, 0.25) is 0 Å². The molecule has 376 valence electrons. The summed E-state index contributed by atoms with van der Waals surface area (Å²) in [6.07, 6.45) is 48.2. The molecule has 0 aliphatic carbocycles. The van der Waals surface area contributed by atoms with Gasteiger partial charge in [-0.15, -0.1) is 0 Å². The molecule has 63 heavy (non-hydrogen) atoms. The van der Waals surface area contributed by atoms with E-state index in [4.69, 9.17) is 0 Å². The number of amides is 2. The third-order valence-corrected chi connectivity index (χ3v) is 13.8. The molecule has 7 nitrogen and oxygen atoms in total. The average molecular weight is 891 g/mol. The van der Waals surface area contributed by atoms with Crippen LogP contribution in [0.4, 0.5) is 0 Å². The molecule has 0 saturated heterocycles. The van der Waals surface area contributed by atoms with Crippen molar-refractivity contribution in [2.24, 2.45) is 0 Å². The summed E-state index contributed by atoms with van der Waals surface area (Å²) in [4.78, 5) is 36.4. The van der Waals surface area contributed by atoms with Crippen molar-refractivity contribution in [3.63, 3.8) is 0 Å². The fraction of sp³-hybridized carbons (Fsp3) is 0.964. The highest BCUT2D eigenvalue weighted by molar-refractivity contribution is 5.78.